The van der Waals surface area contributed by atoms with Crippen LogP contribution in [0.15, 0.2) is 24.4 Å². The number of aromatic nitrogens is 3. The maximum absolute atomic E-state index is 10.5. The summed E-state index contributed by atoms with van der Waals surface area (Å²) in [4.78, 5) is 10.5. The van der Waals surface area contributed by atoms with Crippen molar-refractivity contribution in [1.82, 2.24) is 15.0 Å². The summed E-state index contributed by atoms with van der Waals surface area (Å²) in [7, 11) is 1.78. The van der Waals surface area contributed by atoms with Gasteiger partial charge in [-0.15, -0.1) is 5.10 Å². The van der Waals surface area contributed by atoms with Gasteiger partial charge in [-0.3, -0.25) is 4.79 Å². The van der Waals surface area contributed by atoms with E-state index in [1.807, 2.05) is 0 Å². The van der Waals surface area contributed by atoms with E-state index >= 15 is 0 Å². The number of hydrogen-bond acceptors (Lipinski definition) is 3. The number of carbonyl (C=O) groups is 1. The Kier molecular flexibility index (Phi) is 2.51. The Labute approximate surface area is 91.5 Å². The average Bonchev–Trinajstić information content (AvgIpc) is 2.64. The minimum atomic E-state index is 0.519. The highest BCUT2D eigenvalue weighted by atomic mass is 35.5. The molecule has 0 atom stereocenters. The van der Waals surface area contributed by atoms with Crippen LogP contribution < -0.4 is 0 Å². The molecule has 0 saturated carbocycles. The van der Waals surface area contributed by atoms with Crippen molar-refractivity contribution < 1.29 is 4.79 Å². The first-order chi connectivity index (χ1) is 7.22. The van der Waals surface area contributed by atoms with Crippen molar-refractivity contribution in [2.24, 2.45) is 7.05 Å². The fourth-order valence-corrected chi connectivity index (χ4v) is 1.63. The lowest BCUT2D eigenvalue weighted by molar-refractivity contribution is 0.112. The van der Waals surface area contributed by atoms with E-state index in [0.29, 0.717) is 10.6 Å². The fourth-order valence-electron chi connectivity index (χ4n) is 1.35. The number of benzene rings is 1. The minimum absolute atomic E-state index is 0.519. The van der Waals surface area contributed by atoms with Crippen LogP contribution in [0.2, 0.25) is 5.02 Å². The Morgan fingerprint density at radius 1 is 1.47 bits per heavy atom. The van der Waals surface area contributed by atoms with Gasteiger partial charge in [-0.2, -0.15) is 0 Å². The first kappa shape index (κ1) is 9.86. The van der Waals surface area contributed by atoms with Crippen LogP contribution in [0.5, 0.6) is 0 Å². The third-order valence-electron chi connectivity index (χ3n) is 2.12. The van der Waals surface area contributed by atoms with Gasteiger partial charge in [-0.25, -0.2) is 4.68 Å². The van der Waals surface area contributed by atoms with Crippen LogP contribution in [0.3, 0.4) is 0 Å². The zero-order valence-corrected chi connectivity index (χ0v) is 8.77. The summed E-state index contributed by atoms with van der Waals surface area (Å²) in [6.45, 7) is 0. The largest absolute Gasteiger partial charge is 0.298 e. The molecule has 0 spiro atoms. The molecule has 2 aromatic rings. The van der Waals surface area contributed by atoms with Crippen molar-refractivity contribution in [2.45, 2.75) is 0 Å². The van der Waals surface area contributed by atoms with Gasteiger partial charge in [0.2, 0.25) is 0 Å². The number of aryl methyl sites for hydroxylation is 1. The van der Waals surface area contributed by atoms with Crippen molar-refractivity contribution in [3.8, 4) is 11.3 Å². The molecule has 0 fully saturated rings. The summed E-state index contributed by atoms with van der Waals surface area (Å²) >= 11 is 6.04. The number of carbonyl (C=O) groups excluding carboxylic acids is 1. The van der Waals surface area contributed by atoms with Crippen LogP contribution in [0.4, 0.5) is 0 Å². The van der Waals surface area contributed by atoms with E-state index in [-0.39, 0.29) is 0 Å². The molecule has 0 saturated heterocycles. The number of hydrogen-bond donors (Lipinski definition) is 0. The van der Waals surface area contributed by atoms with Gasteiger partial charge in [0, 0.05) is 18.2 Å². The first-order valence-corrected chi connectivity index (χ1v) is 4.70. The maximum Gasteiger partial charge on any atom is 0.150 e. The second-order valence-corrected chi connectivity index (χ2v) is 3.51. The Hall–Kier alpha value is -1.68. The van der Waals surface area contributed by atoms with Crippen LogP contribution >= 0.6 is 11.6 Å². The molecule has 1 aromatic heterocycles. The van der Waals surface area contributed by atoms with Gasteiger partial charge in [-0.1, -0.05) is 28.9 Å². The summed E-state index contributed by atoms with van der Waals surface area (Å²) in [6, 6.07) is 5.11. The molecule has 1 heterocycles. The molecule has 2 rings (SSSR count). The van der Waals surface area contributed by atoms with Crippen molar-refractivity contribution in [3.05, 3.63) is 35.0 Å². The maximum atomic E-state index is 10.5. The molecule has 0 aliphatic rings. The van der Waals surface area contributed by atoms with Crippen LogP contribution in [0.25, 0.3) is 11.3 Å². The fraction of sp³-hybridized carbons (Fsp3) is 0.100. The van der Waals surface area contributed by atoms with Crippen molar-refractivity contribution in [2.75, 3.05) is 0 Å². The predicted molar refractivity (Wildman–Crippen MR) is 56.8 cm³/mol. The quantitative estimate of drug-likeness (QED) is 0.729. The van der Waals surface area contributed by atoms with Crippen LogP contribution in [-0.4, -0.2) is 21.3 Å². The third-order valence-corrected chi connectivity index (χ3v) is 2.43. The van der Waals surface area contributed by atoms with Gasteiger partial charge >= 0.3 is 0 Å². The van der Waals surface area contributed by atoms with Gasteiger partial charge in [0.15, 0.2) is 0 Å². The van der Waals surface area contributed by atoms with E-state index in [1.54, 1.807) is 36.1 Å². The minimum Gasteiger partial charge on any atom is -0.298 e. The number of nitrogens with zero attached hydrogens (tertiary/aromatic N) is 3. The highest BCUT2D eigenvalue weighted by Gasteiger charge is 2.08. The van der Waals surface area contributed by atoms with Gasteiger partial charge in [0.1, 0.15) is 6.29 Å². The molecule has 0 aliphatic heterocycles. The number of rotatable bonds is 2. The first-order valence-electron chi connectivity index (χ1n) is 4.32. The van der Waals surface area contributed by atoms with Gasteiger partial charge in [-0.05, 0) is 6.07 Å². The molecule has 76 valence electrons. The smallest absolute Gasteiger partial charge is 0.150 e. The van der Waals surface area contributed by atoms with Crippen LogP contribution in [0, 0.1) is 0 Å². The highest BCUT2D eigenvalue weighted by molar-refractivity contribution is 6.33. The summed E-state index contributed by atoms with van der Waals surface area (Å²) in [5, 5.41) is 8.10. The topological polar surface area (TPSA) is 47.8 Å². The van der Waals surface area contributed by atoms with Crippen molar-refractivity contribution >= 4 is 17.9 Å². The lowest BCUT2D eigenvalue weighted by Gasteiger charge is -2.03. The van der Waals surface area contributed by atoms with Crippen LogP contribution in [0.1, 0.15) is 10.4 Å². The third kappa shape index (κ3) is 1.76. The Balaban J connectivity index is 2.55. The van der Waals surface area contributed by atoms with E-state index in [9.17, 15) is 4.79 Å². The van der Waals surface area contributed by atoms with Crippen molar-refractivity contribution in [1.29, 1.82) is 0 Å². The summed E-state index contributed by atoms with van der Waals surface area (Å²) in [5.41, 5.74) is 2.19. The molecular formula is C10H8ClN3O. The molecule has 1 aromatic carbocycles. The molecule has 0 amide bonds. The van der Waals surface area contributed by atoms with E-state index in [2.05, 4.69) is 10.3 Å². The molecule has 0 aliphatic carbocycles. The standard InChI is InChI=1S/C10H8ClN3O/c1-14-10(5-12-13-14)8-3-2-7(6-15)4-9(8)11/h2-6H,1H3. The molecule has 0 radical (unpaired) electrons. The van der Waals surface area contributed by atoms with E-state index in [1.165, 1.54) is 0 Å². The molecule has 0 N–H and O–H groups in total. The molecule has 15 heavy (non-hydrogen) atoms. The van der Waals surface area contributed by atoms with Gasteiger partial charge in [0.25, 0.3) is 0 Å². The SMILES string of the molecule is Cn1nncc1-c1ccc(C=O)cc1Cl. The van der Waals surface area contributed by atoms with Gasteiger partial charge in [0.05, 0.1) is 16.9 Å². The second kappa shape index (κ2) is 3.82. The van der Waals surface area contributed by atoms with E-state index in [0.717, 1.165) is 17.5 Å². The molecule has 4 nitrogen and oxygen atoms in total. The second-order valence-electron chi connectivity index (χ2n) is 3.10. The highest BCUT2D eigenvalue weighted by Crippen LogP contribution is 2.27. The van der Waals surface area contributed by atoms with E-state index in [4.69, 9.17) is 11.6 Å². The molecule has 5 heteroatoms. The Morgan fingerprint density at radius 2 is 2.27 bits per heavy atom. The van der Waals surface area contributed by atoms with Gasteiger partial charge < -0.3 is 0 Å². The summed E-state index contributed by atoms with van der Waals surface area (Å²) < 4.78 is 1.63. The molecule has 0 unspecified atom stereocenters. The number of halogens is 1. The Morgan fingerprint density at radius 3 is 2.80 bits per heavy atom. The van der Waals surface area contributed by atoms with E-state index < -0.39 is 0 Å². The lowest BCUT2D eigenvalue weighted by Crippen LogP contribution is -1.94. The Bertz CT molecular complexity index is 507. The number of aldehydes is 1. The summed E-state index contributed by atoms with van der Waals surface area (Å²) in [5.74, 6) is 0. The molecule has 0 bridgehead atoms. The normalized spacial score (nSPS) is 10.3. The monoisotopic (exact) mass is 221 g/mol. The average molecular weight is 222 g/mol. The van der Waals surface area contributed by atoms with Crippen LogP contribution in [-0.2, 0) is 7.05 Å². The zero-order valence-electron chi connectivity index (χ0n) is 8.01. The van der Waals surface area contributed by atoms with Crippen molar-refractivity contribution in [3.63, 3.8) is 0 Å². The molecular weight excluding hydrogens is 214 g/mol. The lowest BCUT2D eigenvalue weighted by atomic mass is 10.1. The predicted octanol–water partition coefficient (Wildman–Crippen LogP) is 1.95. The summed E-state index contributed by atoms with van der Waals surface area (Å²) in [6.07, 6.45) is 2.39. The zero-order chi connectivity index (χ0) is 10.8.